The summed E-state index contributed by atoms with van der Waals surface area (Å²) in [5, 5.41) is 15.2. The van der Waals surface area contributed by atoms with Gasteiger partial charge >= 0.3 is 0 Å². The second-order valence-corrected chi connectivity index (χ2v) is 7.06. The number of rotatable bonds is 5. The van der Waals surface area contributed by atoms with Gasteiger partial charge in [0, 0.05) is 25.4 Å². The molecule has 0 saturated carbocycles. The monoisotopic (exact) mass is 345 g/mol. The maximum Gasteiger partial charge on any atom is 0.238 e. The highest BCUT2D eigenvalue weighted by Gasteiger charge is 2.23. The van der Waals surface area contributed by atoms with E-state index in [1.165, 1.54) is 0 Å². The summed E-state index contributed by atoms with van der Waals surface area (Å²) in [4.78, 5) is 16.9. The second kappa shape index (κ2) is 6.95. The van der Waals surface area contributed by atoms with Crippen molar-refractivity contribution in [3.63, 3.8) is 0 Å². The Balaban J connectivity index is 1.54. The number of carbonyl (C=O) groups excluding carboxylic acids is 1. The van der Waals surface area contributed by atoms with Gasteiger partial charge in [0.05, 0.1) is 30.2 Å². The molecule has 8 heteroatoms. The quantitative estimate of drug-likeness (QED) is 0.852. The first-order valence-electron chi connectivity index (χ1n) is 8.82. The second-order valence-electron chi connectivity index (χ2n) is 7.06. The minimum Gasteiger partial charge on any atom is -0.322 e. The number of nitrogens with one attached hydrogen (secondary N) is 2. The summed E-state index contributed by atoms with van der Waals surface area (Å²) in [5.74, 6) is 2.23. The molecule has 1 aliphatic heterocycles. The third-order valence-corrected chi connectivity index (χ3v) is 4.72. The molecule has 2 aromatic rings. The van der Waals surface area contributed by atoms with Crippen LogP contribution >= 0.6 is 0 Å². The normalized spacial score (nSPS) is 17.0. The lowest BCUT2D eigenvalue weighted by Gasteiger charge is -2.23. The first-order chi connectivity index (χ1) is 11.8. The van der Waals surface area contributed by atoms with Gasteiger partial charge in [0.15, 0.2) is 5.82 Å². The lowest BCUT2D eigenvalue weighted by atomic mass is 10.1. The molecular weight excluding hydrogens is 318 g/mol. The van der Waals surface area contributed by atoms with Crippen LogP contribution in [-0.4, -0.2) is 43.0 Å². The van der Waals surface area contributed by atoms with Gasteiger partial charge in [-0.1, -0.05) is 13.8 Å². The fraction of sp³-hybridized carbons (Fsp3) is 0.647. The van der Waals surface area contributed by atoms with E-state index in [9.17, 15) is 4.79 Å². The smallest absolute Gasteiger partial charge is 0.238 e. The van der Waals surface area contributed by atoms with Gasteiger partial charge in [0.2, 0.25) is 5.91 Å². The van der Waals surface area contributed by atoms with Crippen LogP contribution in [0.3, 0.4) is 0 Å². The lowest BCUT2D eigenvalue weighted by Crippen LogP contribution is -2.41. The number of carbonyl (C=O) groups is 1. The fourth-order valence-corrected chi connectivity index (χ4v) is 3.11. The van der Waals surface area contributed by atoms with Crippen molar-refractivity contribution in [2.24, 2.45) is 7.05 Å². The van der Waals surface area contributed by atoms with Gasteiger partial charge in [-0.25, -0.2) is 9.67 Å². The molecule has 0 saturated heterocycles. The minimum absolute atomic E-state index is 0.0496. The number of aryl methyl sites for hydroxylation is 3. The van der Waals surface area contributed by atoms with E-state index in [1.54, 1.807) is 4.68 Å². The standard InChI is InChI=1S/C17H27N7O/c1-10(2)17-19-14-7-6-13(9-24(14)22-17)18-8-15(25)20-16-11(3)21-23(5)12(16)4/h10,13,18H,6-9H2,1-5H3,(H,20,25). The van der Waals surface area contributed by atoms with E-state index < -0.39 is 0 Å². The number of hydrogen-bond donors (Lipinski definition) is 2. The first kappa shape index (κ1) is 17.6. The molecule has 2 aromatic heterocycles. The third-order valence-electron chi connectivity index (χ3n) is 4.72. The number of hydrogen-bond acceptors (Lipinski definition) is 5. The van der Waals surface area contributed by atoms with Gasteiger partial charge in [-0.2, -0.15) is 10.2 Å². The van der Waals surface area contributed by atoms with Crippen LogP contribution in [0.5, 0.6) is 0 Å². The van der Waals surface area contributed by atoms with E-state index in [1.807, 2.05) is 25.6 Å². The van der Waals surface area contributed by atoms with E-state index in [4.69, 9.17) is 0 Å². The van der Waals surface area contributed by atoms with Crippen LogP contribution in [0.1, 0.15) is 49.2 Å². The van der Waals surface area contributed by atoms with Gasteiger partial charge in [0.1, 0.15) is 5.82 Å². The van der Waals surface area contributed by atoms with Crippen molar-refractivity contribution in [3.8, 4) is 0 Å². The lowest BCUT2D eigenvalue weighted by molar-refractivity contribution is -0.115. The van der Waals surface area contributed by atoms with Crippen LogP contribution in [0.4, 0.5) is 5.69 Å². The molecule has 1 aliphatic rings. The highest BCUT2D eigenvalue weighted by Crippen LogP contribution is 2.19. The summed E-state index contributed by atoms with van der Waals surface area (Å²) >= 11 is 0. The zero-order chi connectivity index (χ0) is 18.1. The summed E-state index contributed by atoms with van der Waals surface area (Å²) in [6.45, 7) is 9.08. The molecule has 0 aliphatic carbocycles. The number of anilines is 1. The Morgan fingerprint density at radius 1 is 1.32 bits per heavy atom. The molecule has 3 heterocycles. The van der Waals surface area contributed by atoms with E-state index >= 15 is 0 Å². The highest BCUT2D eigenvalue weighted by atomic mass is 16.1. The SMILES string of the molecule is Cc1nn(C)c(C)c1NC(=O)CNC1CCc2nc(C(C)C)nn2C1. The number of aromatic nitrogens is 5. The van der Waals surface area contributed by atoms with Gasteiger partial charge in [0.25, 0.3) is 0 Å². The highest BCUT2D eigenvalue weighted by molar-refractivity contribution is 5.93. The van der Waals surface area contributed by atoms with Crippen LogP contribution in [0.15, 0.2) is 0 Å². The van der Waals surface area contributed by atoms with Crippen molar-refractivity contribution in [1.82, 2.24) is 29.9 Å². The Morgan fingerprint density at radius 3 is 2.72 bits per heavy atom. The molecule has 0 aromatic carbocycles. The van der Waals surface area contributed by atoms with Gasteiger partial charge in [-0.3, -0.25) is 9.48 Å². The van der Waals surface area contributed by atoms with Crippen molar-refractivity contribution in [2.75, 3.05) is 11.9 Å². The molecule has 0 radical (unpaired) electrons. The van der Waals surface area contributed by atoms with E-state index in [0.717, 1.165) is 48.1 Å². The number of amides is 1. The average Bonchev–Trinajstić information content (AvgIpc) is 3.09. The number of fused-ring (bicyclic) bond motifs is 1. The van der Waals surface area contributed by atoms with Crippen LogP contribution < -0.4 is 10.6 Å². The Morgan fingerprint density at radius 2 is 2.08 bits per heavy atom. The molecule has 1 unspecified atom stereocenters. The summed E-state index contributed by atoms with van der Waals surface area (Å²) in [5.41, 5.74) is 2.59. The molecule has 136 valence electrons. The Kier molecular flexibility index (Phi) is 4.89. The zero-order valence-electron chi connectivity index (χ0n) is 15.6. The van der Waals surface area contributed by atoms with Crippen molar-refractivity contribution < 1.29 is 4.79 Å². The average molecular weight is 345 g/mol. The van der Waals surface area contributed by atoms with Crippen molar-refractivity contribution >= 4 is 11.6 Å². The Bertz CT molecular complexity index is 774. The van der Waals surface area contributed by atoms with E-state index in [-0.39, 0.29) is 18.5 Å². The molecule has 0 spiro atoms. The topological polar surface area (TPSA) is 89.7 Å². The number of nitrogens with zero attached hydrogens (tertiary/aromatic N) is 5. The summed E-state index contributed by atoms with van der Waals surface area (Å²) in [6.07, 6.45) is 1.86. The molecule has 2 N–H and O–H groups in total. The van der Waals surface area contributed by atoms with Gasteiger partial charge in [-0.05, 0) is 20.3 Å². The summed E-state index contributed by atoms with van der Waals surface area (Å²) in [7, 11) is 1.87. The summed E-state index contributed by atoms with van der Waals surface area (Å²) < 4.78 is 3.75. The fourth-order valence-electron chi connectivity index (χ4n) is 3.11. The Labute approximate surface area is 148 Å². The predicted molar refractivity (Wildman–Crippen MR) is 95.5 cm³/mol. The predicted octanol–water partition coefficient (Wildman–Crippen LogP) is 1.29. The van der Waals surface area contributed by atoms with E-state index in [2.05, 4.69) is 39.7 Å². The van der Waals surface area contributed by atoms with Crippen LogP contribution in [0.2, 0.25) is 0 Å². The van der Waals surface area contributed by atoms with Crippen LogP contribution in [0, 0.1) is 13.8 Å². The molecule has 1 atom stereocenters. The van der Waals surface area contributed by atoms with E-state index in [0.29, 0.717) is 5.92 Å². The Hall–Kier alpha value is -2.22. The van der Waals surface area contributed by atoms with Gasteiger partial charge in [-0.15, -0.1) is 0 Å². The van der Waals surface area contributed by atoms with Crippen molar-refractivity contribution in [3.05, 3.63) is 23.0 Å². The molecule has 0 bridgehead atoms. The first-order valence-corrected chi connectivity index (χ1v) is 8.82. The third kappa shape index (κ3) is 3.73. The molecular formula is C17H27N7O. The summed E-state index contributed by atoms with van der Waals surface area (Å²) in [6, 6.07) is 0.232. The van der Waals surface area contributed by atoms with Crippen molar-refractivity contribution in [2.45, 2.75) is 59.0 Å². The molecule has 3 rings (SSSR count). The zero-order valence-corrected chi connectivity index (χ0v) is 15.6. The molecule has 25 heavy (non-hydrogen) atoms. The van der Waals surface area contributed by atoms with Crippen LogP contribution in [-0.2, 0) is 24.8 Å². The van der Waals surface area contributed by atoms with Crippen molar-refractivity contribution in [1.29, 1.82) is 0 Å². The molecule has 0 fully saturated rings. The minimum atomic E-state index is -0.0496. The largest absolute Gasteiger partial charge is 0.322 e. The molecule has 1 amide bonds. The molecule has 8 nitrogen and oxygen atoms in total. The van der Waals surface area contributed by atoms with Gasteiger partial charge < -0.3 is 10.6 Å². The van der Waals surface area contributed by atoms with Crippen LogP contribution in [0.25, 0.3) is 0 Å². The maximum atomic E-state index is 12.3. The maximum absolute atomic E-state index is 12.3.